The van der Waals surface area contributed by atoms with Gasteiger partial charge < -0.3 is 24.8 Å². The van der Waals surface area contributed by atoms with E-state index in [4.69, 9.17) is 9.47 Å². The van der Waals surface area contributed by atoms with E-state index in [1.165, 1.54) is 0 Å². The third kappa shape index (κ3) is 3.65. The molecular formula is C13H17IO5. The van der Waals surface area contributed by atoms with Crippen molar-refractivity contribution in [3.05, 3.63) is 35.9 Å². The van der Waals surface area contributed by atoms with Gasteiger partial charge in [0.05, 0.1) is 12.7 Å². The summed E-state index contributed by atoms with van der Waals surface area (Å²) in [6, 6.07) is 9.42. The van der Waals surface area contributed by atoms with Crippen molar-refractivity contribution in [2.45, 2.75) is 37.3 Å². The van der Waals surface area contributed by atoms with Crippen molar-refractivity contribution in [1.82, 2.24) is 0 Å². The largest absolute Gasteiger partial charge is 0.388 e. The Morgan fingerprint density at radius 2 is 1.79 bits per heavy atom. The standard InChI is InChI=1S/C13H17IO5/c14-6-9-10(15)11(16)12(13(17)19-9)18-7-8-4-2-1-3-5-8/h1-5,9-13,15-17H,6-7H2/t9-,10?,11+,12+,13+/m1/s1. The topological polar surface area (TPSA) is 79.2 Å². The van der Waals surface area contributed by atoms with E-state index in [1.54, 1.807) is 0 Å². The maximum Gasteiger partial charge on any atom is 0.184 e. The number of aliphatic hydroxyl groups is 3. The van der Waals surface area contributed by atoms with Crippen LogP contribution in [0, 0.1) is 0 Å². The van der Waals surface area contributed by atoms with Crippen molar-refractivity contribution in [1.29, 1.82) is 0 Å². The van der Waals surface area contributed by atoms with Gasteiger partial charge in [-0.25, -0.2) is 0 Å². The van der Waals surface area contributed by atoms with Gasteiger partial charge in [-0.05, 0) is 5.56 Å². The first-order valence-electron chi connectivity index (χ1n) is 6.04. The first kappa shape index (κ1) is 15.1. The monoisotopic (exact) mass is 380 g/mol. The Labute approximate surface area is 125 Å². The van der Waals surface area contributed by atoms with Gasteiger partial charge in [0.1, 0.15) is 18.3 Å². The molecule has 5 nitrogen and oxygen atoms in total. The zero-order valence-corrected chi connectivity index (χ0v) is 12.4. The minimum absolute atomic E-state index is 0.241. The molecule has 1 saturated heterocycles. The van der Waals surface area contributed by atoms with Gasteiger partial charge in [0.25, 0.3) is 0 Å². The Morgan fingerprint density at radius 1 is 1.11 bits per heavy atom. The highest BCUT2D eigenvalue weighted by molar-refractivity contribution is 14.1. The SMILES string of the molecule is OC1[C@@H](CI)O[C@H](O)[C@@H](OCc2ccccc2)[C@H]1O. The van der Waals surface area contributed by atoms with Gasteiger partial charge in [-0.3, -0.25) is 0 Å². The van der Waals surface area contributed by atoms with Crippen LogP contribution < -0.4 is 0 Å². The molecule has 0 radical (unpaired) electrons. The summed E-state index contributed by atoms with van der Waals surface area (Å²) in [6.07, 6.45) is -4.98. The van der Waals surface area contributed by atoms with Gasteiger partial charge in [0.15, 0.2) is 6.29 Å². The summed E-state index contributed by atoms with van der Waals surface area (Å²) in [5.74, 6) is 0. The van der Waals surface area contributed by atoms with E-state index in [2.05, 4.69) is 0 Å². The molecule has 0 saturated carbocycles. The van der Waals surface area contributed by atoms with Crippen LogP contribution in [0.2, 0.25) is 0 Å². The fourth-order valence-corrected chi connectivity index (χ4v) is 2.72. The number of halogens is 1. The molecule has 1 aliphatic heterocycles. The maximum atomic E-state index is 9.97. The van der Waals surface area contributed by atoms with Crippen molar-refractivity contribution in [3.8, 4) is 0 Å². The van der Waals surface area contributed by atoms with Gasteiger partial charge in [0.2, 0.25) is 0 Å². The van der Waals surface area contributed by atoms with E-state index < -0.39 is 30.7 Å². The molecule has 19 heavy (non-hydrogen) atoms. The predicted octanol–water partition coefficient (Wildman–Crippen LogP) is 0.446. The molecule has 5 atom stereocenters. The van der Waals surface area contributed by atoms with Gasteiger partial charge in [0, 0.05) is 4.43 Å². The second-order valence-corrected chi connectivity index (χ2v) is 5.34. The Morgan fingerprint density at radius 3 is 2.42 bits per heavy atom. The van der Waals surface area contributed by atoms with Crippen LogP contribution in [0.15, 0.2) is 30.3 Å². The van der Waals surface area contributed by atoms with Crippen LogP contribution in [0.25, 0.3) is 0 Å². The van der Waals surface area contributed by atoms with E-state index in [0.29, 0.717) is 4.43 Å². The summed E-state index contributed by atoms with van der Waals surface area (Å²) in [6.45, 7) is 0.241. The zero-order chi connectivity index (χ0) is 13.8. The normalized spacial score (nSPS) is 35.3. The second kappa shape index (κ2) is 6.96. The van der Waals surface area contributed by atoms with Crippen molar-refractivity contribution in [3.63, 3.8) is 0 Å². The summed E-state index contributed by atoms with van der Waals surface area (Å²) in [5.41, 5.74) is 0.924. The first-order valence-corrected chi connectivity index (χ1v) is 7.57. The number of ether oxygens (including phenoxy) is 2. The Kier molecular flexibility index (Phi) is 5.55. The molecular weight excluding hydrogens is 363 g/mol. The average molecular weight is 380 g/mol. The lowest BCUT2D eigenvalue weighted by Crippen LogP contribution is -2.58. The summed E-state index contributed by atoms with van der Waals surface area (Å²) in [5, 5.41) is 29.6. The van der Waals surface area contributed by atoms with Crippen molar-refractivity contribution in [2.24, 2.45) is 0 Å². The van der Waals surface area contributed by atoms with E-state index in [-0.39, 0.29) is 6.61 Å². The highest BCUT2D eigenvalue weighted by atomic mass is 127. The summed E-state index contributed by atoms with van der Waals surface area (Å²) in [7, 11) is 0. The van der Waals surface area contributed by atoms with Gasteiger partial charge in [-0.1, -0.05) is 52.9 Å². The molecule has 1 fully saturated rings. The fourth-order valence-electron chi connectivity index (χ4n) is 2.00. The molecule has 1 unspecified atom stereocenters. The van der Waals surface area contributed by atoms with Crippen molar-refractivity contribution < 1.29 is 24.8 Å². The van der Waals surface area contributed by atoms with E-state index >= 15 is 0 Å². The molecule has 1 heterocycles. The average Bonchev–Trinajstić information content (AvgIpc) is 2.44. The van der Waals surface area contributed by atoms with Gasteiger partial charge in [-0.2, -0.15) is 0 Å². The minimum atomic E-state index is -1.23. The highest BCUT2D eigenvalue weighted by Crippen LogP contribution is 2.24. The van der Waals surface area contributed by atoms with E-state index in [0.717, 1.165) is 5.56 Å². The molecule has 1 aromatic rings. The molecule has 1 aromatic carbocycles. The Balaban J connectivity index is 1.96. The van der Waals surface area contributed by atoms with Crippen molar-refractivity contribution in [2.75, 3.05) is 4.43 Å². The molecule has 3 N–H and O–H groups in total. The van der Waals surface area contributed by atoms with Gasteiger partial charge >= 0.3 is 0 Å². The molecule has 0 aliphatic carbocycles. The second-order valence-electron chi connectivity index (χ2n) is 4.46. The summed E-state index contributed by atoms with van der Waals surface area (Å²) < 4.78 is 11.2. The molecule has 0 aromatic heterocycles. The third-order valence-electron chi connectivity index (χ3n) is 3.10. The fraction of sp³-hybridized carbons (Fsp3) is 0.538. The lowest BCUT2D eigenvalue weighted by Gasteiger charge is -2.39. The first-order chi connectivity index (χ1) is 9.13. The van der Waals surface area contributed by atoms with Crippen LogP contribution in [0.4, 0.5) is 0 Å². The summed E-state index contributed by atoms with van der Waals surface area (Å²) in [4.78, 5) is 0. The summed E-state index contributed by atoms with van der Waals surface area (Å²) >= 11 is 2.03. The van der Waals surface area contributed by atoms with Crippen LogP contribution in [0.3, 0.4) is 0 Å². The van der Waals surface area contributed by atoms with Crippen LogP contribution in [-0.4, -0.2) is 50.5 Å². The molecule has 1 aliphatic rings. The molecule has 0 spiro atoms. The van der Waals surface area contributed by atoms with Crippen LogP contribution in [0.1, 0.15) is 5.56 Å². The Hall–Kier alpha value is -0.250. The van der Waals surface area contributed by atoms with Crippen LogP contribution in [0.5, 0.6) is 0 Å². The number of aliphatic hydroxyl groups excluding tert-OH is 3. The number of hydrogen-bond acceptors (Lipinski definition) is 5. The quantitative estimate of drug-likeness (QED) is 0.522. The van der Waals surface area contributed by atoms with Crippen molar-refractivity contribution >= 4 is 22.6 Å². The number of hydrogen-bond donors (Lipinski definition) is 3. The Bertz CT molecular complexity index is 388. The minimum Gasteiger partial charge on any atom is -0.388 e. The van der Waals surface area contributed by atoms with Crippen LogP contribution in [-0.2, 0) is 16.1 Å². The highest BCUT2D eigenvalue weighted by Gasteiger charge is 2.44. The molecule has 106 valence electrons. The van der Waals surface area contributed by atoms with E-state index in [9.17, 15) is 15.3 Å². The lowest BCUT2D eigenvalue weighted by atomic mass is 10.00. The molecule has 2 rings (SSSR count). The smallest absolute Gasteiger partial charge is 0.184 e. The zero-order valence-electron chi connectivity index (χ0n) is 10.2. The lowest BCUT2D eigenvalue weighted by molar-refractivity contribution is -0.288. The molecule has 6 heteroatoms. The number of benzene rings is 1. The van der Waals surface area contributed by atoms with E-state index in [1.807, 2.05) is 52.9 Å². The molecule has 0 bridgehead atoms. The van der Waals surface area contributed by atoms with Gasteiger partial charge in [-0.15, -0.1) is 0 Å². The number of alkyl halides is 1. The number of rotatable bonds is 4. The van der Waals surface area contributed by atoms with Crippen LogP contribution >= 0.6 is 22.6 Å². The maximum absolute atomic E-state index is 9.97. The third-order valence-corrected chi connectivity index (χ3v) is 3.97. The predicted molar refractivity (Wildman–Crippen MR) is 76.8 cm³/mol. The molecule has 0 amide bonds.